The number of hydrogen-bond acceptors (Lipinski definition) is 6. The van der Waals surface area contributed by atoms with Gasteiger partial charge in [0, 0.05) is 62.1 Å². The molecule has 1 saturated heterocycles. The minimum atomic E-state index is -0.300. The maximum atomic E-state index is 12.9. The second kappa shape index (κ2) is 7.38. The Morgan fingerprint density at radius 1 is 1.07 bits per heavy atom. The van der Waals surface area contributed by atoms with Gasteiger partial charge in [0.15, 0.2) is 4.96 Å². The van der Waals surface area contributed by atoms with E-state index >= 15 is 0 Å². The summed E-state index contributed by atoms with van der Waals surface area (Å²) in [6, 6.07) is 10.2. The lowest BCUT2D eigenvalue weighted by molar-refractivity contribution is 0.0626. The van der Waals surface area contributed by atoms with Gasteiger partial charge in [-0.1, -0.05) is 24.3 Å². The maximum Gasteiger partial charge on any atom is 0.271 e. The van der Waals surface area contributed by atoms with Crippen LogP contribution in [0.25, 0.3) is 15.9 Å². The summed E-state index contributed by atoms with van der Waals surface area (Å²) in [5.74, 6) is -0.241. The molecule has 146 valence electrons. The normalized spacial score (nSPS) is 15.2. The van der Waals surface area contributed by atoms with Crippen molar-refractivity contribution in [3.8, 4) is 0 Å². The van der Waals surface area contributed by atoms with E-state index in [0.717, 1.165) is 30.5 Å². The number of thiazole rings is 1. The molecule has 1 aliphatic heterocycles. The fraction of sp³-hybridized carbons (Fsp3) is 0.238. The molecule has 1 aromatic carbocycles. The van der Waals surface area contributed by atoms with Gasteiger partial charge >= 0.3 is 0 Å². The summed E-state index contributed by atoms with van der Waals surface area (Å²) in [6.07, 6.45) is 4.88. The zero-order valence-electron chi connectivity index (χ0n) is 15.7. The van der Waals surface area contributed by atoms with Gasteiger partial charge < -0.3 is 4.90 Å². The van der Waals surface area contributed by atoms with Gasteiger partial charge in [-0.15, -0.1) is 11.3 Å². The first-order valence-corrected chi connectivity index (χ1v) is 10.4. The van der Waals surface area contributed by atoms with Crippen molar-refractivity contribution in [3.05, 3.63) is 75.8 Å². The van der Waals surface area contributed by atoms with Crippen molar-refractivity contribution in [1.29, 1.82) is 0 Å². The van der Waals surface area contributed by atoms with Crippen molar-refractivity contribution in [3.63, 3.8) is 0 Å². The van der Waals surface area contributed by atoms with Crippen LogP contribution in [0.15, 0.2) is 59.1 Å². The minimum Gasteiger partial charge on any atom is -0.336 e. The van der Waals surface area contributed by atoms with E-state index < -0.39 is 0 Å². The molecule has 4 heterocycles. The zero-order valence-corrected chi connectivity index (χ0v) is 16.5. The van der Waals surface area contributed by atoms with Gasteiger partial charge in [0.2, 0.25) is 0 Å². The number of para-hydroxylation sites is 1. The van der Waals surface area contributed by atoms with E-state index in [1.165, 1.54) is 27.5 Å². The van der Waals surface area contributed by atoms with Crippen LogP contribution in [0, 0.1) is 0 Å². The molecule has 0 aliphatic carbocycles. The molecule has 8 heteroatoms. The van der Waals surface area contributed by atoms with Gasteiger partial charge in [-0.2, -0.15) is 0 Å². The molecule has 4 aromatic rings. The average Bonchev–Trinajstić information content (AvgIpc) is 3.24. The second-order valence-corrected chi connectivity index (χ2v) is 7.97. The van der Waals surface area contributed by atoms with Crippen LogP contribution >= 0.6 is 11.3 Å². The van der Waals surface area contributed by atoms with Gasteiger partial charge in [0.25, 0.3) is 11.5 Å². The highest BCUT2D eigenvalue weighted by molar-refractivity contribution is 7.15. The average molecular weight is 405 g/mol. The molecule has 0 unspecified atom stereocenters. The summed E-state index contributed by atoms with van der Waals surface area (Å²) in [7, 11) is 0. The minimum absolute atomic E-state index is 0.132. The molecular weight excluding hydrogens is 386 g/mol. The highest BCUT2D eigenvalue weighted by Gasteiger charge is 2.25. The van der Waals surface area contributed by atoms with Gasteiger partial charge in [0.1, 0.15) is 5.56 Å². The fourth-order valence-electron chi connectivity index (χ4n) is 3.79. The Bertz CT molecular complexity index is 1250. The molecule has 0 atom stereocenters. The van der Waals surface area contributed by atoms with Crippen LogP contribution < -0.4 is 5.56 Å². The first kappa shape index (κ1) is 18.0. The van der Waals surface area contributed by atoms with E-state index in [2.05, 4.69) is 39.1 Å². The van der Waals surface area contributed by atoms with Crippen LogP contribution in [0.4, 0.5) is 0 Å². The maximum absolute atomic E-state index is 12.9. The number of fused-ring (bicyclic) bond motifs is 2. The molecule has 3 aromatic heterocycles. The summed E-state index contributed by atoms with van der Waals surface area (Å²) in [5, 5.41) is 2.93. The largest absolute Gasteiger partial charge is 0.336 e. The van der Waals surface area contributed by atoms with E-state index in [-0.39, 0.29) is 17.0 Å². The molecular formula is C21H19N5O2S. The Labute approximate surface area is 170 Å². The van der Waals surface area contributed by atoms with E-state index in [4.69, 9.17) is 0 Å². The van der Waals surface area contributed by atoms with Gasteiger partial charge in [-0.25, -0.2) is 4.98 Å². The van der Waals surface area contributed by atoms with Gasteiger partial charge in [0.05, 0.1) is 5.52 Å². The van der Waals surface area contributed by atoms with E-state index in [9.17, 15) is 9.59 Å². The summed E-state index contributed by atoms with van der Waals surface area (Å²) < 4.78 is 1.43. The lowest BCUT2D eigenvalue weighted by Gasteiger charge is -2.34. The number of rotatable bonds is 3. The summed E-state index contributed by atoms with van der Waals surface area (Å²) in [6.45, 7) is 3.47. The molecule has 29 heavy (non-hydrogen) atoms. The third-order valence-electron chi connectivity index (χ3n) is 5.34. The first-order chi connectivity index (χ1) is 14.2. The van der Waals surface area contributed by atoms with E-state index in [1.807, 2.05) is 12.3 Å². The zero-order chi connectivity index (χ0) is 19.8. The number of amides is 1. The molecule has 0 bridgehead atoms. The van der Waals surface area contributed by atoms with Gasteiger partial charge in [-0.3, -0.25) is 23.9 Å². The van der Waals surface area contributed by atoms with Crippen LogP contribution in [0.5, 0.6) is 0 Å². The van der Waals surface area contributed by atoms with Gasteiger partial charge in [-0.05, 0) is 11.6 Å². The number of benzene rings is 1. The third kappa shape index (κ3) is 3.30. The van der Waals surface area contributed by atoms with Crippen molar-refractivity contribution in [2.24, 2.45) is 0 Å². The standard InChI is InChI=1S/C21H19N5O2S/c27-19(17-13-23-21-26(20(17)28)11-12-29-21)25-9-7-24(8-10-25)14-16-4-1-3-15-5-2-6-22-18(15)16/h1-6,11-13H,7-10,14H2. The van der Waals surface area contributed by atoms with Crippen molar-refractivity contribution < 1.29 is 4.79 Å². The van der Waals surface area contributed by atoms with Crippen LogP contribution in [0.2, 0.25) is 0 Å². The van der Waals surface area contributed by atoms with Crippen LogP contribution in [-0.4, -0.2) is 56.3 Å². The molecule has 0 saturated carbocycles. The summed E-state index contributed by atoms with van der Waals surface area (Å²) in [5.41, 5.74) is 2.04. The number of hydrogen-bond donors (Lipinski definition) is 0. The SMILES string of the molecule is O=C(c1cnc2sccn2c1=O)N1CCN(Cc2cccc3cccnc23)CC1. The Morgan fingerprint density at radius 2 is 1.90 bits per heavy atom. The number of carbonyl (C=O) groups excluding carboxylic acids is 1. The van der Waals surface area contributed by atoms with Crippen LogP contribution in [-0.2, 0) is 6.54 Å². The summed E-state index contributed by atoms with van der Waals surface area (Å²) >= 11 is 1.37. The Hall–Kier alpha value is -3.10. The number of aromatic nitrogens is 3. The van der Waals surface area contributed by atoms with Crippen molar-refractivity contribution in [1.82, 2.24) is 24.2 Å². The highest BCUT2D eigenvalue weighted by atomic mass is 32.1. The van der Waals surface area contributed by atoms with Crippen molar-refractivity contribution in [2.45, 2.75) is 6.54 Å². The lowest BCUT2D eigenvalue weighted by atomic mass is 10.1. The predicted molar refractivity (Wildman–Crippen MR) is 112 cm³/mol. The second-order valence-electron chi connectivity index (χ2n) is 7.09. The Morgan fingerprint density at radius 3 is 2.76 bits per heavy atom. The van der Waals surface area contributed by atoms with Crippen LogP contribution in [0.3, 0.4) is 0 Å². The quantitative estimate of drug-likeness (QED) is 0.523. The van der Waals surface area contributed by atoms with Crippen molar-refractivity contribution >= 4 is 33.1 Å². The molecule has 5 rings (SSSR count). The summed E-state index contributed by atoms with van der Waals surface area (Å²) in [4.78, 5) is 38.9. The molecule has 7 nitrogen and oxygen atoms in total. The first-order valence-electron chi connectivity index (χ1n) is 9.50. The Balaban J connectivity index is 1.29. The molecule has 0 spiro atoms. The lowest BCUT2D eigenvalue weighted by Crippen LogP contribution is -2.49. The molecule has 1 fully saturated rings. The third-order valence-corrected chi connectivity index (χ3v) is 6.11. The number of nitrogens with zero attached hydrogens (tertiary/aromatic N) is 5. The monoisotopic (exact) mass is 405 g/mol. The smallest absolute Gasteiger partial charge is 0.271 e. The van der Waals surface area contributed by atoms with Crippen molar-refractivity contribution in [2.75, 3.05) is 26.2 Å². The van der Waals surface area contributed by atoms with E-state index in [0.29, 0.717) is 18.1 Å². The number of pyridine rings is 1. The topological polar surface area (TPSA) is 70.8 Å². The fourth-order valence-corrected chi connectivity index (χ4v) is 4.46. The highest BCUT2D eigenvalue weighted by Crippen LogP contribution is 2.19. The Kier molecular flexibility index (Phi) is 4.57. The predicted octanol–water partition coefficient (Wildman–Crippen LogP) is 2.26. The molecule has 1 amide bonds. The number of piperazine rings is 1. The molecule has 0 N–H and O–H groups in total. The molecule has 0 radical (unpaired) electrons. The van der Waals surface area contributed by atoms with Crippen LogP contribution in [0.1, 0.15) is 15.9 Å². The van der Waals surface area contributed by atoms with E-state index in [1.54, 1.807) is 16.5 Å². The number of carbonyl (C=O) groups is 1. The molecule has 1 aliphatic rings.